The van der Waals surface area contributed by atoms with Gasteiger partial charge < -0.3 is 9.47 Å². The maximum Gasteiger partial charge on any atom is 0.417 e. The number of ether oxygens (including phenoxy) is 2. The molecular formula is C17H13F3O3. The summed E-state index contributed by atoms with van der Waals surface area (Å²) in [7, 11) is 0. The van der Waals surface area contributed by atoms with Gasteiger partial charge in [-0.25, -0.2) is 0 Å². The third-order valence-corrected chi connectivity index (χ3v) is 3.54. The summed E-state index contributed by atoms with van der Waals surface area (Å²) in [6.07, 6.45) is -5.06. The zero-order chi connectivity index (χ0) is 16.4. The standard InChI is InChI=1S/C17H13F3O3/c18-17(19,20)14-4-2-1-3-13(14)15(21)11-5-7-12(8-6-11)16-22-9-10-23-16/h1-8,16H,9-10H2. The van der Waals surface area contributed by atoms with Gasteiger partial charge in [-0.3, -0.25) is 4.79 Å². The number of hydrogen-bond acceptors (Lipinski definition) is 3. The molecular weight excluding hydrogens is 309 g/mol. The Morgan fingerprint density at radius 3 is 2.17 bits per heavy atom. The normalized spacial score (nSPS) is 15.8. The Bertz CT molecular complexity index is 702. The van der Waals surface area contributed by atoms with Crippen LogP contribution in [-0.2, 0) is 15.7 Å². The van der Waals surface area contributed by atoms with Crippen LogP contribution in [-0.4, -0.2) is 19.0 Å². The summed E-state index contributed by atoms with van der Waals surface area (Å²) in [6.45, 7) is 0.981. The van der Waals surface area contributed by atoms with E-state index in [-0.39, 0.29) is 11.1 Å². The molecule has 120 valence electrons. The van der Waals surface area contributed by atoms with Crippen molar-refractivity contribution in [3.63, 3.8) is 0 Å². The molecule has 23 heavy (non-hydrogen) atoms. The Kier molecular flexibility index (Phi) is 4.19. The van der Waals surface area contributed by atoms with E-state index < -0.39 is 23.8 Å². The van der Waals surface area contributed by atoms with Gasteiger partial charge in [0.15, 0.2) is 12.1 Å². The van der Waals surface area contributed by atoms with E-state index >= 15 is 0 Å². The molecule has 1 aliphatic heterocycles. The van der Waals surface area contributed by atoms with Crippen LogP contribution in [0.3, 0.4) is 0 Å². The van der Waals surface area contributed by atoms with Crippen molar-refractivity contribution in [2.75, 3.05) is 13.2 Å². The second kappa shape index (κ2) is 6.14. The summed E-state index contributed by atoms with van der Waals surface area (Å²) < 4.78 is 49.7. The average molecular weight is 322 g/mol. The molecule has 0 amide bonds. The first-order valence-electron chi connectivity index (χ1n) is 7.01. The molecule has 0 aliphatic carbocycles. The fourth-order valence-corrected chi connectivity index (χ4v) is 2.43. The van der Waals surface area contributed by atoms with E-state index in [1.807, 2.05) is 0 Å². The molecule has 0 aromatic heterocycles. The van der Waals surface area contributed by atoms with Gasteiger partial charge in [0.05, 0.1) is 18.8 Å². The number of carbonyl (C=O) groups excluding carboxylic acids is 1. The number of hydrogen-bond donors (Lipinski definition) is 0. The fourth-order valence-electron chi connectivity index (χ4n) is 2.43. The van der Waals surface area contributed by atoms with Crippen LogP contribution in [0.25, 0.3) is 0 Å². The smallest absolute Gasteiger partial charge is 0.346 e. The van der Waals surface area contributed by atoms with Crippen molar-refractivity contribution < 1.29 is 27.4 Å². The Morgan fingerprint density at radius 2 is 1.57 bits per heavy atom. The molecule has 1 saturated heterocycles. The minimum Gasteiger partial charge on any atom is -0.346 e. The number of carbonyl (C=O) groups is 1. The van der Waals surface area contributed by atoms with Crippen LogP contribution in [0.5, 0.6) is 0 Å². The molecule has 0 spiro atoms. The maximum atomic E-state index is 13.0. The van der Waals surface area contributed by atoms with Crippen molar-refractivity contribution in [3.8, 4) is 0 Å². The molecule has 1 heterocycles. The highest BCUT2D eigenvalue weighted by Crippen LogP contribution is 2.33. The van der Waals surface area contributed by atoms with E-state index in [9.17, 15) is 18.0 Å². The predicted molar refractivity (Wildman–Crippen MR) is 76.0 cm³/mol. The number of rotatable bonds is 3. The first-order chi connectivity index (χ1) is 11.0. The van der Waals surface area contributed by atoms with Gasteiger partial charge in [0.25, 0.3) is 0 Å². The van der Waals surface area contributed by atoms with Gasteiger partial charge in [0, 0.05) is 16.7 Å². The number of benzene rings is 2. The molecule has 0 radical (unpaired) electrons. The molecule has 6 heteroatoms. The monoisotopic (exact) mass is 322 g/mol. The largest absolute Gasteiger partial charge is 0.417 e. The fraction of sp³-hybridized carbons (Fsp3) is 0.235. The van der Waals surface area contributed by atoms with Crippen LogP contribution < -0.4 is 0 Å². The van der Waals surface area contributed by atoms with E-state index in [1.165, 1.54) is 30.3 Å². The first-order valence-corrected chi connectivity index (χ1v) is 7.01. The molecule has 2 aromatic carbocycles. The zero-order valence-corrected chi connectivity index (χ0v) is 12.0. The third kappa shape index (κ3) is 3.28. The van der Waals surface area contributed by atoms with Crippen LogP contribution in [0, 0.1) is 0 Å². The van der Waals surface area contributed by atoms with Crippen molar-refractivity contribution in [2.24, 2.45) is 0 Å². The van der Waals surface area contributed by atoms with E-state index in [0.717, 1.165) is 11.6 Å². The maximum absolute atomic E-state index is 13.0. The Balaban J connectivity index is 1.89. The highest BCUT2D eigenvalue weighted by molar-refractivity contribution is 6.10. The summed E-state index contributed by atoms with van der Waals surface area (Å²) in [5, 5.41) is 0. The molecule has 1 aliphatic rings. The zero-order valence-electron chi connectivity index (χ0n) is 12.0. The van der Waals surface area contributed by atoms with Crippen molar-refractivity contribution in [2.45, 2.75) is 12.5 Å². The Morgan fingerprint density at radius 1 is 0.957 bits per heavy atom. The number of alkyl halides is 3. The van der Waals surface area contributed by atoms with Crippen molar-refractivity contribution in [1.29, 1.82) is 0 Å². The molecule has 0 saturated carbocycles. The minimum absolute atomic E-state index is 0.184. The first kappa shape index (κ1) is 15.7. The van der Waals surface area contributed by atoms with E-state index in [1.54, 1.807) is 12.1 Å². The SMILES string of the molecule is O=C(c1ccc(C2OCCO2)cc1)c1ccccc1C(F)(F)F. The lowest BCUT2D eigenvalue weighted by atomic mass is 9.97. The number of halogens is 3. The Hall–Kier alpha value is -2.18. The van der Waals surface area contributed by atoms with Gasteiger partial charge in [0.1, 0.15) is 0 Å². The highest BCUT2D eigenvalue weighted by atomic mass is 19.4. The van der Waals surface area contributed by atoms with Crippen LogP contribution in [0.4, 0.5) is 13.2 Å². The van der Waals surface area contributed by atoms with Gasteiger partial charge in [-0.1, -0.05) is 42.5 Å². The van der Waals surface area contributed by atoms with Crippen molar-refractivity contribution in [1.82, 2.24) is 0 Å². The van der Waals surface area contributed by atoms with Crippen molar-refractivity contribution in [3.05, 3.63) is 70.8 Å². The molecule has 0 atom stereocenters. The quantitative estimate of drug-likeness (QED) is 0.802. The lowest BCUT2D eigenvalue weighted by Crippen LogP contribution is -2.13. The molecule has 3 rings (SSSR count). The summed E-state index contributed by atoms with van der Waals surface area (Å²) in [5.74, 6) is -0.669. The molecule has 0 N–H and O–H groups in total. The predicted octanol–water partition coefficient (Wildman–Crippen LogP) is 3.98. The molecule has 3 nitrogen and oxygen atoms in total. The van der Waals surface area contributed by atoms with Gasteiger partial charge in [-0.15, -0.1) is 0 Å². The van der Waals surface area contributed by atoms with E-state index in [0.29, 0.717) is 13.2 Å². The summed E-state index contributed by atoms with van der Waals surface area (Å²) in [4.78, 5) is 12.4. The average Bonchev–Trinajstić information content (AvgIpc) is 3.08. The van der Waals surface area contributed by atoms with Crippen LogP contribution in [0.2, 0.25) is 0 Å². The van der Waals surface area contributed by atoms with Crippen LogP contribution in [0.1, 0.15) is 33.3 Å². The van der Waals surface area contributed by atoms with Gasteiger partial charge in [-0.2, -0.15) is 13.2 Å². The summed E-state index contributed by atoms with van der Waals surface area (Å²) in [6, 6.07) is 11.0. The molecule has 1 fully saturated rings. The second-order valence-corrected chi connectivity index (χ2v) is 5.07. The van der Waals surface area contributed by atoms with Crippen LogP contribution >= 0.6 is 0 Å². The van der Waals surface area contributed by atoms with Crippen LogP contribution in [0.15, 0.2) is 48.5 Å². The highest BCUT2D eigenvalue weighted by Gasteiger charge is 2.35. The lowest BCUT2D eigenvalue weighted by molar-refractivity contribution is -0.137. The summed E-state index contributed by atoms with van der Waals surface area (Å²) in [5.41, 5.74) is -0.385. The molecule has 0 unspecified atom stereocenters. The topological polar surface area (TPSA) is 35.5 Å². The van der Waals surface area contributed by atoms with Crippen molar-refractivity contribution >= 4 is 5.78 Å². The second-order valence-electron chi connectivity index (χ2n) is 5.07. The van der Waals surface area contributed by atoms with Gasteiger partial charge in [-0.05, 0) is 6.07 Å². The van der Waals surface area contributed by atoms with E-state index in [2.05, 4.69) is 0 Å². The molecule has 0 bridgehead atoms. The Labute approximate surface area is 130 Å². The minimum atomic E-state index is -4.57. The van der Waals surface area contributed by atoms with Gasteiger partial charge in [0.2, 0.25) is 0 Å². The third-order valence-electron chi connectivity index (χ3n) is 3.54. The molecule has 2 aromatic rings. The van der Waals surface area contributed by atoms with E-state index in [4.69, 9.17) is 9.47 Å². The van der Waals surface area contributed by atoms with Gasteiger partial charge >= 0.3 is 6.18 Å². The summed E-state index contributed by atoms with van der Waals surface area (Å²) >= 11 is 0. The number of ketones is 1. The lowest BCUT2D eigenvalue weighted by Gasteiger charge is -2.13.